The minimum absolute atomic E-state index is 1.11. The van der Waals surface area contributed by atoms with E-state index in [1.165, 1.54) is 32.7 Å². The van der Waals surface area contributed by atoms with Crippen LogP contribution in [0.25, 0.3) is 44.8 Å². The molecule has 0 aromatic heterocycles. The van der Waals surface area contributed by atoms with E-state index < -0.39 is 0 Å². The van der Waals surface area contributed by atoms with E-state index in [9.17, 15) is 0 Å². The molecule has 4 rings (SSSR count). The summed E-state index contributed by atoms with van der Waals surface area (Å²) in [6.45, 7) is 7.96. The van der Waals surface area contributed by atoms with Gasteiger partial charge in [0.1, 0.15) is 0 Å². The molecule has 0 fully saturated rings. The molecule has 114 valence electrons. The highest BCUT2D eigenvalue weighted by atomic mass is 14.1. The summed E-state index contributed by atoms with van der Waals surface area (Å²) >= 11 is 0. The first-order valence-electron chi connectivity index (χ1n) is 8.12. The second-order valence-corrected chi connectivity index (χ2v) is 5.91. The molecule has 0 saturated carbocycles. The first kappa shape index (κ1) is 14.5. The zero-order valence-corrected chi connectivity index (χ0v) is 13.5. The van der Waals surface area contributed by atoms with Crippen LogP contribution in [0.5, 0.6) is 0 Å². The van der Waals surface area contributed by atoms with Crippen LogP contribution in [0.15, 0.2) is 86.0 Å². The van der Waals surface area contributed by atoms with Gasteiger partial charge in [-0.3, -0.25) is 0 Å². The van der Waals surface area contributed by atoms with Gasteiger partial charge in [-0.1, -0.05) is 98.1 Å². The molecule has 4 aromatic rings. The van der Waals surface area contributed by atoms with Crippen molar-refractivity contribution in [1.82, 2.24) is 0 Å². The minimum atomic E-state index is 1.11. The molecule has 0 amide bonds. The first-order valence-corrected chi connectivity index (χ1v) is 8.12. The van der Waals surface area contributed by atoms with Gasteiger partial charge < -0.3 is 0 Å². The largest absolute Gasteiger partial charge is 0.0984 e. The fourth-order valence-electron chi connectivity index (χ4n) is 3.51. The van der Waals surface area contributed by atoms with Crippen molar-refractivity contribution in [3.63, 3.8) is 0 Å². The van der Waals surface area contributed by atoms with Gasteiger partial charge in [-0.25, -0.2) is 0 Å². The summed E-state index contributed by atoms with van der Waals surface area (Å²) < 4.78 is 0. The maximum Gasteiger partial charge on any atom is -0.00266 e. The average Bonchev–Trinajstić information content (AvgIpc) is 2.66. The predicted molar refractivity (Wildman–Crippen MR) is 107 cm³/mol. The quantitative estimate of drug-likeness (QED) is 0.359. The predicted octanol–water partition coefficient (Wildman–Crippen LogP) is 6.95. The van der Waals surface area contributed by atoms with Gasteiger partial charge in [0.05, 0.1) is 0 Å². The van der Waals surface area contributed by atoms with E-state index in [-0.39, 0.29) is 0 Å². The maximum atomic E-state index is 4.02. The van der Waals surface area contributed by atoms with Gasteiger partial charge in [0.15, 0.2) is 0 Å². The summed E-state index contributed by atoms with van der Waals surface area (Å²) in [6, 6.07) is 25.8. The molecule has 0 spiro atoms. The van der Waals surface area contributed by atoms with Crippen molar-refractivity contribution >= 4 is 33.7 Å². The van der Waals surface area contributed by atoms with Crippen LogP contribution in [0.1, 0.15) is 11.1 Å². The average molecular weight is 306 g/mol. The third kappa shape index (κ3) is 2.16. The van der Waals surface area contributed by atoms with E-state index >= 15 is 0 Å². The molecule has 0 heteroatoms. The molecule has 0 aliphatic heterocycles. The molecule has 0 saturated heterocycles. The number of rotatable bonds is 3. The zero-order chi connectivity index (χ0) is 16.5. The van der Waals surface area contributed by atoms with Crippen LogP contribution in [0.2, 0.25) is 0 Å². The second kappa shape index (κ2) is 5.82. The summed E-state index contributed by atoms with van der Waals surface area (Å²) in [6.07, 6.45) is 3.82. The Morgan fingerprint density at radius 1 is 0.583 bits per heavy atom. The lowest BCUT2D eigenvalue weighted by molar-refractivity contribution is 1.59. The molecule has 0 heterocycles. The van der Waals surface area contributed by atoms with Gasteiger partial charge in [0.2, 0.25) is 0 Å². The lowest BCUT2D eigenvalue weighted by atomic mass is 9.90. The van der Waals surface area contributed by atoms with Gasteiger partial charge >= 0.3 is 0 Å². The number of fused-ring (bicyclic) bond motifs is 3. The second-order valence-electron chi connectivity index (χ2n) is 5.91. The summed E-state index contributed by atoms with van der Waals surface area (Å²) in [5.74, 6) is 0. The smallest absolute Gasteiger partial charge is 0.00266 e. The number of hydrogen-bond donors (Lipinski definition) is 0. The van der Waals surface area contributed by atoms with Gasteiger partial charge in [0, 0.05) is 0 Å². The summed E-state index contributed by atoms with van der Waals surface area (Å²) in [4.78, 5) is 0. The molecule has 0 bridgehead atoms. The molecule has 0 N–H and O–H groups in total. The summed E-state index contributed by atoms with van der Waals surface area (Å²) in [5.41, 5.74) is 4.68. The van der Waals surface area contributed by atoms with Crippen LogP contribution in [0.3, 0.4) is 0 Å². The molecule has 4 aromatic carbocycles. The van der Waals surface area contributed by atoms with Crippen molar-refractivity contribution in [1.29, 1.82) is 0 Å². The molecule has 0 radical (unpaired) electrons. The van der Waals surface area contributed by atoms with Crippen LogP contribution < -0.4 is 0 Å². The van der Waals surface area contributed by atoms with Crippen molar-refractivity contribution in [2.45, 2.75) is 0 Å². The van der Waals surface area contributed by atoms with E-state index in [0.29, 0.717) is 0 Å². The normalized spacial score (nSPS) is 10.8. The Morgan fingerprint density at radius 3 is 2.12 bits per heavy atom. The Morgan fingerprint density at radius 2 is 1.29 bits per heavy atom. The van der Waals surface area contributed by atoms with E-state index in [2.05, 4.69) is 86.0 Å². The van der Waals surface area contributed by atoms with E-state index in [1.54, 1.807) is 0 Å². The standard InChI is InChI=1S/C24H18/c1-3-17-10-7-13-22(20(17)4-2)23-14-8-11-19-16-15-18-9-5-6-12-21(18)24(19)23/h3-16H,1-2H2. The highest BCUT2D eigenvalue weighted by Crippen LogP contribution is 2.37. The highest BCUT2D eigenvalue weighted by molar-refractivity contribution is 6.14. The summed E-state index contributed by atoms with van der Waals surface area (Å²) in [5, 5.41) is 5.09. The van der Waals surface area contributed by atoms with Crippen LogP contribution in [0, 0.1) is 0 Å². The van der Waals surface area contributed by atoms with Crippen LogP contribution >= 0.6 is 0 Å². The fraction of sp³-hybridized carbons (Fsp3) is 0. The molecule has 0 aliphatic rings. The van der Waals surface area contributed by atoms with Crippen molar-refractivity contribution in [2.75, 3.05) is 0 Å². The molecular formula is C24H18. The van der Waals surface area contributed by atoms with E-state index in [1.807, 2.05) is 12.2 Å². The Balaban J connectivity index is 2.17. The third-order valence-corrected chi connectivity index (χ3v) is 4.62. The molecule has 0 atom stereocenters. The first-order chi connectivity index (χ1) is 11.8. The Kier molecular flexibility index (Phi) is 3.51. The Bertz CT molecular complexity index is 1080. The number of hydrogen-bond acceptors (Lipinski definition) is 0. The van der Waals surface area contributed by atoms with E-state index in [4.69, 9.17) is 0 Å². The SMILES string of the molecule is C=Cc1cccc(-c2cccc3ccc4ccccc4c23)c1C=C. The van der Waals surface area contributed by atoms with Crippen molar-refractivity contribution in [3.05, 3.63) is 97.1 Å². The van der Waals surface area contributed by atoms with E-state index in [0.717, 1.165) is 11.1 Å². The zero-order valence-electron chi connectivity index (χ0n) is 13.5. The Hall–Kier alpha value is -3.12. The monoisotopic (exact) mass is 306 g/mol. The Labute approximate surface area is 142 Å². The van der Waals surface area contributed by atoms with Gasteiger partial charge in [-0.15, -0.1) is 0 Å². The molecule has 0 unspecified atom stereocenters. The van der Waals surface area contributed by atoms with Crippen LogP contribution in [-0.2, 0) is 0 Å². The van der Waals surface area contributed by atoms with Gasteiger partial charge in [-0.2, -0.15) is 0 Å². The van der Waals surface area contributed by atoms with Crippen molar-refractivity contribution in [3.8, 4) is 11.1 Å². The lowest BCUT2D eigenvalue weighted by Gasteiger charge is -2.14. The van der Waals surface area contributed by atoms with Crippen LogP contribution in [0.4, 0.5) is 0 Å². The molecule has 0 aliphatic carbocycles. The lowest BCUT2D eigenvalue weighted by Crippen LogP contribution is -1.89. The minimum Gasteiger partial charge on any atom is -0.0984 e. The molecule has 24 heavy (non-hydrogen) atoms. The van der Waals surface area contributed by atoms with Crippen molar-refractivity contribution in [2.24, 2.45) is 0 Å². The third-order valence-electron chi connectivity index (χ3n) is 4.62. The molecule has 0 nitrogen and oxygen atoms in total. The van der Waals surface area contributed by atoms with Gasteiger partial charge in [0.25, 0.3) is 0 Å². The van der Waals surface area contributed by atoms with Gasteiger partial charge in [-0.05, 0) is 43.8 Å². The topological polar surface area (TPSA) is 0 Å². The van der Waals surface area contributed by atoms with Crippen LogP contribution in [-0.4, -0.2) is 0 Å². The fourth-order valence-corrected chi connectivity index (χ4v) is 3.51. The maximum absolute atomic E-state index is 4.02. The summed E-state index contributed by atoms with van der Waals surface area (Å²) in [7, 11) is 0. The van der Waals surface area contributed by atoms with Crippen molar-refractivity contribution < 1.29 is 0 Å². The highest BCUT2D eigenvalue weighted by Gasteiger charge is 2.11. The number of benzene rings is 4. The molecular weight excluding hydrogens is 288 g/mol.